The zero-order valence-corrected chi connectivity index (χ0v) is 27.1. The molecule has 1 saturated heterocycles. The SMILES string of the molecule is COCCCCN1C(=O)C(C)(C(=O)O)Sc2cc(C(F)(F)F)c(C(=O)N(C(C)C)[C@@H]3CCCN(C(=O)OC(C)(C)C)C3)cc21. The number of hydrogen-bond acceptors (Lipinski definition) is 7. The number of aliphatic carboxylic acids is 1. The molecule has 246 valence electrons. The van der Waals surface area contributed by atoms with E-state index in [1.165, 1.54) is 23.8 Å². The van der Waals surface area contributed by atoms with Crippen molar-refractivity contribution in [2.75, 3.05) is 38.3 Å². The van der Waals surface area contributed by atoms with Crippen molar-refractivity contribution in [3.05, 3.63) is 23.3 Å². The van der Waals surface area contributed by atoms with E-state index in [-0.39, 0.29) is 23.7 Å². The Morgan fingerprint density at radius 3 is 2.39 bits per heavy atom. The molecule has 1 unspecified atom stereocenters. The predicted molar refractivity (Wildman–Crippen MR) is 159 cm³/mol. The van der Waals surface area contributed by atoms with Gasteiger partial charge in [-0.1, -0.05) is 11.8 Å². The molecule has 0 aromatic heterocycles. The molecule has 0 aliphatic carbocycles. The molecule has 1 fully saturated rings. The van der Waals surface area contributed by atoms with E-state index in [1.54, 1.807) is 34.6 Å². The molecule has 2 aliphatic heterocycles. The highest BCUT2D eigenvalue weighted by atomic mass is 32.2. The minimum Gasteiger partial charge on any atom is -0.480 e. The summed E-state index contributed by atoms with van der Waals surface area (Å²) >= 11 is 0.526. The van der Waals surface area contributed by atoms with Crippen molar-refractivity contribution in [2.45, 2.75) is 101 Å². The molecule has 2 aliphatic rings. The quantitative estimate of drug-likeness (QED) is 0.270. The number of fused-ring (bicyclic) bond motifs is 1. The lowest BCUT2D eigenvalue weighted by molar-refractivity contribution is -0.143. The van der Waals surface area contributed by atoms with Gasteiger partial charge in [-0.25, -0.2) is 4.79 Å². The van der Waals surface area contributed by atoms with Gasteiger partial charge < -0.3 is 29.3 Å². The average molecular weight is 646 g/mol. The van der Waals surface area contributed by atoms with Gasteiger partial charge in [0.15, 0.2) is 4.75 Å². The van der Waals surface area contributed by atoms with Gasteiger partial charge in [-0.15, -0.1) is 0 Å². The van der Waals surface area contributed by atoms with Gasteiger partial charge in [0.25, 0.3) is 11.8 Å². The monoisotopic (exact) mass is 645 g/mol. The van der Waals surface area contributed by atoms with Crippen molar-refractivity contribution < 1.29 is 46.9 Å². The van der Waals surface area contributed by atoms with Crippen molar-refractivity contribution in [2.24, 2.45) is 0 Å². The van der Waals surface area contributed by atoms with Crippen LogP contribution in [0.1, 0.15) is 83.1 Å². The summed E-state index contributed by atoms with van der Waals surface area (Å²) in [4.78, 5) is 56.5. The van der Waals surface area contributed by atoms with E-state index in [1.807, 2.05) is 0 Å². The first-order chi connectivity index (χ1) is 20.3. The number of carbonyl (C=O) groups is 4. The number of piperidine rings is 1. The van der Waals surface area contributed by atoms with Gasteiger partial charge in [0.1, 0.15) is 5.60 Å². The highest BCUT2D eigenvalue weighted by molar-refractivity contribution is 8.02. The summed E-state index contributed by atoms with van der Waals surface area (Å²) in [5.74, 6) is -3.17. The third-order valence-corrected chi connectivity index (χ3v) is 8.82. The first-order valence-electron chi connectivity index (χ1n) is 14.6. The number of carboxylic acids is 1. The Balaban J connectivity index is 2.09. The summed E-state index contributed by atoms with van der Waals surface area (Å²) in [6.45, 7) is 10.6. The molecule has 0 spiro atoms. The van der Waals surface area contributed by atoms with Crippen LogP contribution in [0.4, 0.5) is 23.7 Å². The Bertz CT molecular complexity index is 1270. The van der Waals surface area contributed by atoms with Gasteiger partial charge in [-0.2, -0.15) is 13.2 Å². The maximum atomic E-state index is 14.6. The zero-order valence-electron chi connectivity index (χ0n) is 26.2. The van der Waals surface area contributed by atoms with Crippen LogP contribution in [0.15, 0.2) is 17.0 Å². The zero-order chi connectivity index (χ0) is 33.2. The van der Waals surface area contributed by atoms with Crippen LogP contribution in [0.25, 0.3) is 0 Å². The highest BCUT2D eigenvalue weighted by Gasteiger charge is 2.51. The number of methoxy groups -OCH3 is 1. The van der Waals surface area contributed by atoms with E-state index >= 15 is 0 Å². The summed E-state index contributed by atoms with van der Waals surface area (Å²) in [6.07, 6.45) is -3.62. The minimum absolute atomic E-state index is 0.0268. The number of carbonyl (C=O) groups excluding carboxylic acids is 3. The number of likely N-dealkylation sites (tertiary alicyclic amines) is 1. The van der Waals surface area contributed by atoms with Crippen LogP contribution in [0.3, 0.4) is 0 Å². The molecule has 44 heavy (non-hydrogen) atoms. The molecular formula is C30H42F3N3O7S. The molecule has 10 nitrogen and oxygen atoms in total. The first kappa shape index (κ1) is 35.5. The number of hydrogen-bond donors (Lipinski definition) is 1. The fourth-order valence-corrected chi connectivity index (χ4v) is 6.59. The van der Waals surface area contributed by atoms with Crippen molar-refractivity contribution in [1.29, 1.82) is 0 Å². The number of benzene rings is 1. The molecule has 3 rings (SSSR count). The van der Waals surface area contributed by atoms with Gasteiger partial charge in [0, 0.05) is 44.3 Å². The van der Waals surface area contributed by atoms with Gasteiger partial charge in [0.2, 0.25) is 0 Å². The van der Waals surface area contributed by atoms with Crippen LogP contribution in [0.2, 0.25) is 0 Å². The fraction of sp³-hybridized carbons (Fsp3) is 0.667. The first-order valence-corrected chi connectivity index (χ1v) is 15.4. The van der Waals surface area contributed by atoms with Crippen LogP contribution < -0.4 is 4.90 Å². The summed E-state index contributed by atoms with van der Waals surface area (Å²) in [5, 5.41) is 9.89. The standard InChI is InChI=1S/C30H42F3N3O7S/c1-18(2)36(19-11-10-12-34(17-19)27(41)43-28(3,4)5)24(37)20-15-22-23(16-21(20)30(31,32)33)44-29(6,26(39)40)25(38)35(22)13-8-9-14-42-7/h15-16,18-19H,8-14,17H2,1-7H3,(H,39,40)/t19-,29?/m1/s1. The summed E-state index contributed by atoms with van der Waals surface area (Å²) < 4.78 is 52.2. The molecule has 0 bridgehead atoms. The number of alkyl halides is 3. The molecule has 2 atom stereocenters. The Hall–Kier alpha value is -3.00. The highest BCUT2D eigenvalue weighted by Crippen LogP contribution is 2.49. The largest absolute Gasteiger partial charge is 0.480 e. The van der Waals surface area contributed by atoms with Crippen molar-refractivity contribution >= 4 is 41.3 Å². The third kappa shape index (κ3) is 7.79. The Morgan fingerprint density at radius 2 is 1.84 bits per heavy atom. The third-order valence-electron chi connectivity index (χ3n) is 7.51. The Labute approximate surface area is 260 Å². The molecule has 3 amide bonds. The maximum absolute atomic E-state index is 14.6. The van der Waals surface area contributed by atoms with E-state index in [0.29, 0.717) is 50.6 Å². The van der Waals surface area contributed by atoms with Gasteiger partial charge >= 0.3 is 18.2 Å². The summed E-state index contributed by atoms with van der Waals surface area (Å²) in [6, 6.07) is 0.722. The second-order valence-electron chi connectivity index (χ2n) is 12.5. The van der Waals surface area contributed by atoms with Gasteiger partial charge in [-0.3, -0.25) is 14.4 Å². The number of nitrogens with zero attached hydrogens (tertiary/aromatic N) is 3. The fourth-order valence-electron chi connectivity index (χ4n) is 5.41. The molecule has 1 aromatic carbocycles. The topological polar surface area (TPSA) is 117 Å². The van der Waals surface area contributed by atoms with Gasteiger partial charge in [0.05, 0.1) is 22.9 Å². The van der Waals surface area contributed by atoms with Crippen LogP contribution in [0.5, 0.6) is 0 Å². The van der Waals surface area contributed by atoms with Crippen LogP contribution in [0, 0.1) is 0 Å². The number of carboxylic acid groups (broad SMARTS) is 1. The molecule has 0 radical (unpaired) electrons. The Kier molecular flexibility index (Phi) is 10.9. The second-order valence-corrected chi connectivity index (χ2v) is 13.9. The molecular weight excluding hydrogens is 603 g/mol. The maximum Gasteiger partial charge on any atom is 0.417 e. The van der Waals surface area contributed by atoms with Crippen LogP contribution in [-0.4, -0.2) is 94.6 Å². The lowest BCUT2D eigenvalue weighted by atomic mass is 9.98. The van der Waals surface area contributed by atoms with E-state index in [0.717, 1.165) is 17.0 Å². The average Bonchev–Trinajstić information content (AvgIpc) is 2.90. The number of amides is 3. The van der Waals surface area contributed by atoms with Crippen molar-refractivity contribution in [3.8, 4) is 0 Å². The second kappa shape index (κ2) is 13.6. The molecule has 2 heterocycles. The Morgan fingerprint density at radius 1 is 1.18 bits per heavy atom. The molecule has 14 heteroatoms. The van der Waals surface area contributed by atoms with E-state index in [4.69, 9.17) is 9.47 Å². The van der Waals surface area contributed by atoms with Crippen LogP contribution in [-0.2, 0) is 25.2 Å². The van der Waals surface area contributed by atoms with Crippen molar-refractivity contribution in [3.63, 3.8) is 0 Å². The molecule has 0 saturated carbocycles. The number of halogens is 3. The summed E-state index contributed by atoms with van der Waals surface area (Å²) in [7, 11) is 1.51. The lowest BCUT2D eigenvalue weighted by Crippen LogP contribution is -2.55. The van der Waals surface area contributed by atoms with E-state index < -0.39 is 63.6 Å². The minimum atomic E-state index is -4.96. The smallest absolute Gasteiger partial charge is 0.417 e. The number of anilines is 1. The van der Waals surface area contributed by atoms with Crippen LogP contribution >= 0.6 is 11.8 Å². The molecule has 1 aromatic rings. The van der Waals surface area contributed by atoms with E-state index in [2.05, 4.69) is 0 Å². The number of rotatable bonds is 9. The lowest BCUT2D eigenvalue weighted by Gasteiger charge is -2.42. The van der Waals surface area contributed by atoms with Crippen molar-refractivity contribution in [1.82, 2.24) is 9.80 Å². The van der Waals surface area contributed by atoms with Gasteiger partial charge in [-0.05, 0) is 79.4 Å². The predicted octanol–water partition coefficient (Wildman–Crippen LogP) is 5.66. The molecule has 1 N–H and O–H groups in total. The number of thioether (sulfide) groups is 1. The number of ether oxygens (including phenoxy) is 2. The number of unbranched alkanes of at least 4 members (excludes halogenated alkanes) is 1. The normalized spacial score (nSPS) is 20.9. The van der Waals surface area contributed by atoms with E-state index in [9.17, 15) is 37.5 Å². The summed E-state index contributed by atoms with van der Waals surface area (Å²) in [5.41, 5.74) is -2.56.